The second-order valence-electron chi connectivity index (χ2n) is 5.12. The molecule has 1 aliphatic carbocycles. The third-order valence-corrected chi connectivity index (χ3v) is 3.97. The molecule has 0 amide bonds. The van der Waals surface area contributed by atoms with Gasteiger partial charge in [-0.2, -0.15) is 0 Å². The lowest BCUT2D eigenvalue weighted by Crippen LogP contribution is -2.25. The quantitative estimate of drug-likeness (QED) is 0.773. The number of fused-ring (bicyclic) bond motifs is 1. The van der Waals surface area contributed by atoms with Gasteiger partial charge in [-0.05, 0) is 37.5 Å². The summed E-state index contributed by atoms with van der Waals surface area (Å²) >= 11 is 3.58. The first-order valence-corrected chi connectivity index (χ1v) is 6.36. The molecule has 1 heterocycles. The molecular formula is C13H14BrNO. The Morgan fingerprint density at radius 3 is 2.94 bits per heavy atom. The largest absolute Gasteiger partial charge is 0.478 e. The lowest BCUT2D eigenvalue weighted by Gasteiger charge is -2.30. The van der Waals surface area contributed by atoms with Crippen LogP contribution >= 0.6 is 15.9 Å². The standard InChI is InChI=1S/C13H14BrNO/c1-13(2)7-16-12(15-13)10-6-9-8(10)4-3-5-11(9)14/h3-5,10H,6-7H2,1-2H3. The minimum atomic E-state index is -0.0445. The summed E-state index contributed by atoms with van der Waals surface area (Å²) in [6.45, 7) is 4.93. The van der Waals surface area contributed by atoms with E-state index in [-0.39, 0.29) is 5.54 Å². The molecule has 0 saturated heterocycles. The number of benzene rings is 1. The third kappa shape index (κ3) is 1.49. The normalized spacial score (nSPS) is 25.4. The summed E-state index contributed by atoms with van der Waals surface area (Å²) in [5, 5.41) is 0. The molecule has 1 aliphatic heterocycles. The molecule has 1 atom stereocenters. The highest BCUT2D eigenvalue weighted by atomic mass is 79.9. The van der Waals surface area contributed by atoms with Crippen LogP contribution in [0.2, 0.25) is 0 Å². The molecule has 1 aromatic carbocycles. The first-order valence-electron chi connectivity index (χ1n) is 5.57. The minimum absolute atomic E-state index is 0.0445. The SMILES string of the molecule is CC1(C)COC(C2Cc3c(Br)cccc32)=N1. The molecular weight excluding hydrogens is 266 g/mol. The van der Waals surface area contributed by atoms with Crippen LogP contribution in [-0.4, -0.2) is 18.0 Å². The first kappa shape index (κ1) is 10.3. The Balaban J connectivity index is 1.92. The van der Waals surface area contributed by atoms with Crippen LogP contribution in [0.1, 0.15) is 30.9 Å². The zero-order valence-electron chi connectivity index (χ0n) is 9.46. The van der Waals surface area contributed by atoms with Gasteiger partial charge in [-0.25, -0.2) is 4.99 Å². The molecule has 1 unspecified atom stereocenters. The van der Waals surface area contributed by atoms with Crippen LogP contribution in [-0.2, 0) is 11.2 Å². The molecule has 2 aliphatic rings. The van der Waals surface area contributed by atoms with E-state index in [0.29, 0.717) is 12.5 Å². The monoisotopic (exact) mass is 279 g/mol. The lowest BCUT2D eigenvalue weighted by molar-refractivity contribution is 0.269. The van der Waals surface area contributed by atoms with Crippen LogP contribution < -0.4 is 0 Å². The summed E-state index contributed by atoms with van der Waals surface area (Å²) in [4.78, 5) is 4.65. The number of ether oxygens (including phenoxy) is 1. The molecule has 3 heteroatoms. The minimum Gasteiger partial charge on any atom is -0.478 e. The maximum atomic E-state index is 5.70. The van der Waals surface area contributed by atoms with Crippen molar-refractivity contribution in [2.45, 2.75) is 31.7 Å². The van der Waals surface area contributed by atoms with E-state index in [2.05, 4.69) is 53.0 Å². The number of hydrogen-bond donors (Lipinski definition) is 0. The predicted octanol–water partition coefficient (Wildman–Crippen LogP) is 3.30. The van der Waals surface area contributed by atoms with Gasteiger partial charge in [-0.1, -0.05) is 28.1 Å². The Labute approximate surface area is 104 Å². The summed E-state index contributed by atoms with van der Waals surface area (Å²) in [6, 6.07) is 6.34. The smallest absolute Gasteiger partial charge is 0.192 e. The molecule has 0 bridgehead atoms. The van der Waals surface area contributed by atoms with Crippen molar-refractivity contribution in [2.75, 3.05) is 6.61 Å². The summed E-state index contributed by atoms with van der Waals surface area (Å²) in [6.07, 6.45) is 1.05. The molecule has 16 heavy (non-hydrogen) atoms. The highest BCUT2D eigenvalue weighted by Crippen LogP contribution is 2.42. The van der Waals surface area contributed by atoms with Gasteiger partial charge in [0.25, 0.3) is 0 Å². The van der Waals surface area contributed by atoms with Crippen LogP contribution in [0.3, 0.4) is 0 Å². The van der Waals surface area contributed by atoms with Crippen LogP contribution in [0.4, 0.5) is 0 Å². The van der Waals surface area contributed by atoms with Gasteiger partial charge in [0, 0.05) is 4.47 Å². The van der Waals surface area contributed by atoms with Crippen molar-refractivity contribution in [3.8, 4) is 0 Å². The van der Waals surface area contributed by atoms with E-state index in [1.165, 1.54) is 15.6 Å². The molecule has 0 fully saturated rings. The van der Waals surface area contributed by atoms with Gasteiger partial charge in [0.1, 0.15) is 6.61 Å². The highest BCUT2D eigenvalue weighted by molar-refractivity contribution is 9.10. The van der Waals surface area contributed by atoms with Gasteiger partial charge < -0.3 is 4.74 Å². The number of rotatable bonds is 1. The van der Waals surface area contributed by atoms with Crippen LogP contribution in [0.25, 0.3) is 0 Å². The fourth-order valence-corrected chi connectivity index (χ4v) is 2.86. The maximum Gasteiger partial charge on any atom is 0.192 e. The van der Waals surface area contributed by atoms with Crippen molar-refractivity contribution < 1.29 is 4.74 Å². The third-order valence-electron chi connectivity index (χ3n) is 3.22. The average Bonchev–Trinajstić information content (AvgIpc) is 2.50. The van der Waals surface area contributed by atoms with E-state index in [1.807, 2.05) is 0 Å². The van der Waals surface area contributed by atoms with Crippen molar-refractivity contribution in [1.82, 2.24) is 0 Å². The number of aliphatic imine (C=N–C) groups is 1. The molecule has 0 aromatic heterocycles. The summed E-state index contributed by atoms with van der Waals surface area (Å²) < 4.78 is 6.91. The van der Waals surface area contributed by atoms with E-state index in [4.69, 9.17) is 4.74 Å². The van der Waals surface area contributed by atoms with Crippen molar-refractivity contribution in [2.24, 2.45) is 4.99 Å². The number of nitrogens with zero attached hydrogens (tertiary/aromatic N) is 1. The van der Waals surface area contributed by atoms with Crippen LogP contribution in [0.5, 0.6) is 0 Å². The van der Waals surface area contributed by atoms with Gasteiger partial charge in [0.2, 0.25) is 0 Å². The molecule has 0 radical (unpaired) electrons. The van der Waals surface area contributed by atoms with Gasteiger partial charge in [-0.3, -0.25) is 0 Å². The van der Waals surface area contributed by atoms with Gasteiger partial charge >= 0.3 is 0 Å². The maximum absolute atomic E-state index is 5.70. The molecule has 2 nitrogen and oxygen atoms in total. The molecule has 84 valence electrons. The zero-order valence-corrected chi connectivity index (χ0v) is 11.0. The molecule has 0 N–H and O–H groups in total. The van der Waals surface area contributed by atoms with E-state index in [1.54, 1.807) is 0 Å². The summed E-state index contributed by atoms with van der Waals surface area (Å²) in [5.41, 5.74) is 2.73. The number of hydrogen-bond acceptors (Lipinski definition) is 2. The second kappa shape index (κ2) is 3.33. The predicted molar refractivity (Wildman–Crippen MR) is 68.1 cm³/mol. The zero-order chi connectivity index (χ0) is 11.3. The fraction of sp³-hybridized carbons (Fsp3) is 0.462. The Bertz CT molecular complexity index is 479. The molecule has 0 saturated carbocycles. The van der Waals surface area contributed by atoms with Gasteiger partial charge in [0.15, 0.2) is 5.90 Å². The van der Waals surface area contributed by atoms with Crippen molar-refractivity contribution >= 4 is 21.8 Å². The van der Waals surface area contributed by atoms with Crippen molar-refractivity contribution in [1.29, 1.82) is 0 Å². The number of halogens is 1. The Kier molecular flexibility index (Phi) is 2.15. The van der Waals surface area contributed by atoms with Crippen LogP contribution in [0.15, 0.2) is 27.7 Å². The Hall–Kier alpha value is -0.830. The first-order chi connectivity index (χ1) is 7.57. The van der Waals surface area contributed by atoms with Crippen molar-refractivity contribution in [3.63, 3.8) is 0 Å². The fourth-order valence-electron chi connectivity index (χ4n) is 2.31. The van der Waals surface area contributed by atoms with Crippen LogP contribution in [0, 0.1) is 0 Å². The van der Waals surface area contributed by atoms with E-state index >= 15 is 0 Å². The highest BCUT2D eigenvalue weighted by Gasteiger charge is 2.38. The second-order valence-corrected chi connectivity index (χ2v) is 5.97. The molecule has 1 aromatic rings. The van der Waals surface area contributed by atoms with E-state index < -0.39 is 0 Å². The van der Waals surface area contributed by atoms with E-state index in [9.17, 15) is 0 Å². The molecule has 3 rings (SSSR count). The Morgan fingerprint density at radius 2 is 2.25 bits per heavy atom. The lowest BCUT2D eigenvalue weighted by atomic mass is 9.77. The summed E-state index contributed by atoms with van der Waals surface area (Å²) in [5.74, 6) is 1.31. The van der Waals surface area contributed by atoms with Gasteiger partial charge in [0.05, 0.1) is 11.5 Å². The molecule has 0 spiro atoms. The van der Waals surface area contributed by atoms with Crippen molar-refractivity contribution in [3.05, 3.63) is 33.8 Å². The van der Waals surface area contributed by atoms with E-state index in [0.717, 1.165) is 12.3 Å². The topological polar surface area (TPSA) is 21.6 Å². The Morgan fingerprint density at radius 1 is 1.44 bits per heavy atom. The summed E-state index contributed by atoms with van der Waals surface area (Å²) in [7, 11) is 0. The average molecular weight is 280 g/mol. The van der Waals surface area contributed by atoms with Gasteiger partial charge in [-0.15, -0.1) is 0 Å².